The minimum atomic E-state index is -2.80. The number of halogens is 2. The fourth-order valence-corrected chi connectivity index (χ4v) is 2.30. The van der Waals surface area contributed by atoms with E-state index in [-0.39, 0.29) is 11.8 Å². The molecule has 21 heavy (non-hydrogen) atoms. The van der Waals surface area contributed by atoms with Crippen LogP contribution >= 0.6 is 0 Å². The summed E-state index contributed by atoms with van der Waals surface area (Å²) in [7, 11) is 1.68. The van der Waals surface area contributed by atoms with E-state index < -0.39 is 6.61 Å². The van der Waals surface area contributed by atoms with Gasteiger partial charge in [-0.25, -0.2) is 0 Å². The summed E-state index contributed by atoms with van der Waals surface area (Å²) in [5.74, 6) is 0.531. The van der Waals surface area contributed by atoms with Crippen LogP contribution in [0.5, 0.6) is 5.75 Å². The van der Waals surface area contributed by atoms with Crippen molar-refractivity contribution >= 4 is 0 Å². The highest BCUT2D eigenvalue weighted by Crippen LogP contribution is 2.28. The van der Waals surface area contributed by atoms with Crippen molar-refractivity contribution in [1.29, 1.82) is 0 Å². The first-order valence-electron chi connectivity index (χ1n) is 7.35. The zero-order valence-corrected chi connectivity index (χ0v) is 12.9. The maximum Gasteiger partial charge on any atom is 0.387 e. The second kappa shape index (κ2) is 9.68. The summed E-state index contributed by atoms with van der Waals surface area (Å²) in [6.45, 7) is 2.99. The normalized spacial score (nSPS) is 14.2. The molecule has 0 aliphatic heterocycles. The van der Waals surface area contributed by atoms with Crippen LogP contribution in [-0.4, -0.2) is 26.9 Å². The van der Waals surface area contributed by atoms with Crippen molar-refractivity contribution in [1.82, 2.24) is 5.32 Å². The lowest BCUT2D eigenvalue weighted by Gasteiger charge is -2.26. The van der Waals surface area contributed by atoms with Gasteiger partial charge < -0.3 is 14.8 Å². The molecule has 0 amide bonds. The summed E-state index contributed by atoms with van der Waals surface area (Å²) in [5.41, 5.74) is 0.963. The van der Waals surface area contributed by atoms with Gasteiger partial charge in [0.15, 0.2) is 0 Å². The van der Waals surface area contributed by atoms with E-state index in [1.54, 1.807) is 25.3 Å². The van der Waals surface area contributed by atoms with Gasteiger partial charge in [-0.2, -0.15) is 8.78 Å². The van der Waals surface area contributed by atoms with E-state index in [0.29, 0.717) is 12.5 Å². The van der Waals surface area contributed by atoms with Gasteiger partial charge in [0.2, 0.25) is 0 Å². The lowest BCUT2D eigenvalue weighted by Crippen LogP contribution is -2.28. The Bertz CT molecular complexity index is 402. The molecule has 0 aliphatic carbocycles. The zero-order valence-electron chi connectivity index (χ0n) is 12.9. The second-order valence-electron chi connectivity index (χ2n) is 5.14. The van der Waals surface area contributed by atoms with E-state index in [0.717, 1.165) is 24.9 Å². The Morgan fingerprint density at radius 1 is 1.29 bits per heavy atom. The Kier molecular flexibility index (Phi) is 8.23. The summed E-state index contributed by atoms with van der Waals surface area (Å²) >= 11 is 0. The predicted octanol–water partition coefficient (Wildman–Crippen LogP) is 4.00. The third-order valence-electron chi connectivity index (χ3n) is 3.40. The smallest absolute Gasteiger partial charge is 0.387 e. The monoisotopic (exact) mass is 301 g/mol. The Morgan fingerprint density at radius 2 is 2.05 bits per heavy atom. The van der Waals surface area contributed by atoms with Crippen molar-refractivity contribution < 1.29 is 18.3 Å². The molecule has 1 N–H and O–H groups in total. The molecule has 5 heteroatoms. The SMILES string of the molecule is CCCNC(c1cccc(OC(F)F)c1)C(C)CCOC. The van der Waals surface area contributed by atoms with Gasteiger partial charge in [0, 0.05) is 19.8 Å². The number of methoxy groups -OCH3 is 1. The number of rotatable bonds is 10. The molecule has 0 saturated heterocycles. The van der Waals surface area contributed by atoms with E-state index in [1.165, 1.54) is 0 Å². The largest absolute Gasteiger partial charge is 0.435 e. The Balaban J connectivity index is 2.85. The maximum atomic E-state index is 12.3. The van der Waals surface area contributed by atoms with Crippen LogP contribution in [0.3, 0.4) is 0 Å². The van der Waals surface area contributed by atoms with Crippen molar-refractivity contribution in [2.75, 3.05) is 20.3 Å². The van der Waals surface area contributed by atoms with Gasteiger partial charge in [-0.3, -0.25) is 0 Å². The number of alkyl halides is 2. The molecule has 120 valence electrons. The van der Waals surface area contributed by atoms with Crippen LogP contribution in [0.1, 0.15) is 38.3 Å². The number of benzene rings is 1. The average molecular weight is 301 g/mol. The fourth-order valence-electron chi connectivity index (χ4n) is 2.30. The zero-order chi connectivity index (χ0) is 15.7. The first-order chi connectivity index (χ1) is 10.1. The molecule has 3 nitrogen and oxygen atoms in total. The molecule has 0 fully saturated rings. The number of hydrogen-bond acceptors (Lipinski definition) is 3. The molecule has 0 heterocycles. The van der Waals surface area contributed by atoms with E-state index in [4.69, 9.17) is 4.74 Å². The van der Waals surface area contributed by atoms with E-state index >= 15 is 0 Å². The summed E-state index contributed by atoms with van der Waals surface area (Å²) < 4.78 is 34.3. The molecule has 0 saturated carbocycles. The lowest BCUT2D eigenvalue weighted by molar-refractivity contribution is -0.0499. The highest BCUT2D eigenvalue weighted by Gasteiger charge is 2.19. The maximum absolute atomic E-state index is 12.3. The average Bonchev–Trinajstić information content (AvgIpc) is 2.45. The van der Waals surface area contributed by atoms with Crippen molar-refractivity contribution in [3.8, 4) is 5.75 Å². The van der Waals surface area contributed by atoms with Gasteiger partial charge in [0.1, 0.15) is 5.75 Å². The lowest BCUT2D eigenvalue weighted by atomic mass is 9.92. The molecular formula is C16H25F2NO2. The van der Waals surface area contributed by atoms with Crippen molar-refractivity contribution in [3.63, 3.8) is 0 Å². The third kappa shape index (κ3) is 6.40. The van der Waals surface area contributed by atoms with Crippen LogP contribution in [0.2, 0.25) is 0 Å². The van der Waals surface area contributed by atoms with Crippen LogP contribution in [0.4, 0.5) is 8.78 Å². The molecule has 1 aromatic carbocycles. The molecule has 2 unspecified atom stereocenters. The molecule has 0 bridgehead atoms. The first kappa shape index (κ1) is 17.9. The molecule has 2 atom stereocenters. The van der Waals surface area contributed by atoms with Crippen LogP contribution in [0, 0.1) is 5.92 Å². The van der Waals surface area contributed by atoms with Gasteiger partial charge in [-0.1, -0.05) is 26.0 Å². The van der Waals surface area contributed by atoms with Gasteiger partial charge in [0.05, 0.1) is 0 Å². The molecule has 0 aromatic heterocycles. The van der Waals surface area contributed by atoms with Crippen molar-refractivity contribution in [2.45, 2.75) is 39.3 Å². The topological polar surface area (TPSA) is 30.5 Å². The van der Waals surface area contributed by atoms with Crippen LogP contribution in [0.15, 0.2) is 24.3 Å². The second-order valence-corrected chi connectivity index (χ2v) is 5.14. The summed E-state index contributed by atoms with van der Waals surface area (Å²) in [6, 6.07) is 7.02. The van der Waals surface area contributed by atoms with Crippen LogP contribution < -0.4 is 10.1 Å². The Morgan fingerprint density at radius 3 is 2.67 bits per heavy atom. The molecular weight excluding hydrogens is 276 g/mol. The Labute approximate surface area is 125 Å². The Hall–Kier alpha value is -1.20. The van der Waals surface area contributed by atoms with Gasteiger partial charge in [-0.05, 0) is 43.0 Å². The van der Waals surface area contributed by atoms with Gasteiger partial charge in [-0.15, -0.1) is 0 Å². The van der Waals surface area contributed by atoms with E-state index in [9.17, 15) is 8.78 Å². The number of hydrogen-bond donors (Lipinski definition) is 1. The standard InChI is InChI=1S/C16H25F2NO2/c1-4-9-19-15(12(2)8-10-20-3)13-6-5-7-14(11-13)21-16(17)18/h5-7,11-12,15-16,19H,4,8-10H2,1-3H3. The summed E-state index contributed by atoms with van der Waals surface area (Å²) in [6.07, 6.45) is 1.92. The molecule has 0 radical (unpaired) electrons. The van der Waals surface area contributed by atoms with Crippen LogP contribution in [-0.2, 0) is 4.74 Å². The van der Waals surface area contributed by atoms with Gasteiger partial charge in [0.25, 0.3) is 0 Å². The first-order valence-corrected chi connectivity index (χ1v) is 7.35. The highest BCUT2D eigenvalue weighted by molar-refractivity contribution is 5.31. The third-order valence-corrected chi connectivity index (χ3v) is 3.40. The van der Waals surface area contributed by atoms with E-state index in [2.05, 4.69) is 23.9 Å². The summed E-state index contributed by atoms with van der Waals surface area (Å²) in [4.78, 5) is 0. The quantitative estimate of drug-likeness (QED) is 0.708. The molecule has 0 aliphatic rings. The van der Waals surface area contributed by atoms with Crippen LogP contribution in [0.25, 0.3) is 0 Å². The molecule has 1 rings (SSSR count). The van der Waals surface area contributed by atoms with Gasteiger partial charge >= 0.3 is 6.61 Å². The predicted molar refractivity (Wildman–Crippen MR) is 79.8 cm³/mol. The van der Waals surface area contributed by atoms with E-state index in [1.807, 2.05) is 6.07 Å². The number of nitrogens with one attached hydrogen (secondary N) is 1. The minimum Gasteiger partial charge on any atom is -0.435 e. The minimum absolute atomic E-state index is 0.0984. The number of ether oxygens (including phenoxy) is 2. The van der Waals surface area contributed by atoms with Crippen molar-refractivity contribution in [2.24, 2.45) is 5.92 Å². The molecule has 1 aromatic rings. The fraction of sp³-hybridized carbons (Fsp3) is 0.625. The summed E-state index contributed by atoms with van der Waals surface area (Å²) in [5, 5.41) is 3.48. The molecule has 0 spiro atoms. The van der Waals surface area contributed by atoms with Crippen molar-refractivity contribution in [3.05, 3.63) is 29.8 Å². The highest BCUT2D eigenvalue weighted by atomic mass is 19.3.